The van der Waals surface area contributed by atoms with Gasteiger partial charge in [0.25, 0.3) is 0 Å². The number of piperidine rings is 1. The quantitative estimate of drug-likeness (QED) is 0.581. The van der Waals surface area contributed by atoms with Crippen molar-refractivity contribution in [2.24, 2.45) is 0 Å². The lowest BCUT2D eigenvalue weighted by Crippen LogP contribution is -2.57. The third-order valence-electron chi connectivity index (χ3n) is 7.03. The highest BCUT2D eigenvalue weighted by Crippen LogP contribution is 2.40. The van der Waals surface area contributed by atoms with Crippen LogP contribution in [-0.2, 0) is 19.6 Å². The summed E-state index contributed by atoms with van der Waals surface area (Å²) in [4.78, 5) is 31.9. The fourth-order valence-corrected chi connectivity index (χ4v) is 6.46. The average molecular weight is 503 g/mol. The standard InChI is InChI=1S/C25H31FN4O4S/c1-3-27(4-2)23(31)18-28-19-30(21-8-6-5-7-9-21)25(24(28)32)14-16-29(17-15-25)35(33,34)22-12-10-20(26)11-13-22/h5-13H,3-4,14-19H2,1-2H3. The van der Waals surface area contributed by atoms with Crippen molar-refractivity contribution >= 4 is 27.5 Å². The zero-order chi connectivity index (χ0) is 25.2. The van der Waals surface area contributed by atoms with Crippen molar-refractivity contribution in [2.45, 2.75) is 37.1 Å². The van der Waals surface area contributed by atoms with E-state index < -0.39 is 21.4 Å². The number of halogens is 1. The van der Waals surface area contributed by atoms with E-state index >= 15 is 0 Å². The van der Waals surface area contributed by atoms with Gasteiger partial charge in [-0.1, -0.05) is 18.2 Å². The number of anilines is 1. The molecule has 0 atom stereocenters. The Balaban J connectivity index is 1.59. The molecule has 2 aliphatic heterocycles. The summed E-state index contributed by atoms with van der Waals surface area (Å²) >= 11 is 0. The molecule has 4 rings (SSSR count). The van der Waals surface area contributed by atoms with E-state index in [2.05, 4.69) is 0 Å². The highest BCUT2D eigenvalue weighted by molar-refractivity contribution is 7.89. The van der Waals surface area contributed by atoms with Gasteiger partial charge in [-0.05, 0) is 63.1 Å². The van der Waals surface area contributed by atoms with E-state index in [0.717, 1.165) is 17.8 Å². The van der Waals surface area contributed by atoms with E-state index in [0.29, 0.717) is 13.1 Å². The van der Waals surface area contributed by atoms with Gasteiger partial charge in [0.15, 0.2) is 0 Å². The molecule has 2 saturated heterocycles. The monoisotopic (exact) mass is 502 g/mol. The summed E-state index contributed by atoms with van der Waals surface area (Å²) in [6, 6.07) is 14.3. The normalized spacial score (nSPS) is 18.3. The number of rotatable bonds is 7. The predicted molar refractivity (Wildman–Crippen MR) is 131 cm³/mol. The number of benzene rings is 2. The molecule has 0 saturated carbocycles. The van der Waals surface area contributed by atoms with Gasteiger partial charge in [-0.15, -0.1) is 0 Å². The molecule has 8 nitrogen and oxygen atoms in total. The molecule has 0 bridgehead atoms. The zero-order valence-corrected chi connectivity index (χ0v) is 20.9. The smallest absolute Gasteiger partial charge is 0.250 e. The zero-order valence-electron chi connectivity index (χ0n) is 20.1. The van der Waals surface area contributed by atoms with Crippen LogP contribution in [0.5, 0.6) is 0 Å². The van der Waals surface area contributed by atoms with E-state index in [-0.39, 0.29) is 55.9 Å². The summed E-state index contributed by atoms with van der Waals surface area (Å²) in [7, 11) is -3.81. The van der Waals surface area contributed by atoms with Gasteiger partial charge >= 0.3 is 0 Å². The lowest BCUT2D eigenvalue weighted by Gasteiger charge is -2.42. The minimum absolute atomic E-state index is 0.0107. The highest BCUT2D eigenvalue weighted by Gasteiger charge is 2.55. The Hall–Kier alpha value is -2.98. The number of sulfonamides is 1. The summed E-state index contributed by atoms with van der Waals surface area (Å²) in [5.74, 6) is -0.763. The average Bonchev–Trinajstić information content (AvgIpc) is 3.12. The van der Waals surface area contributed by atoms with Crippen molar-refractivity contribution in [2.75, 3.05) is 44.3 Å². The van der Waals surface area contributed by atoms with Crippen LogP contribution in [-0.4, -0.2) is 79.3 Å². The molecule has 35 heavy (non-hydrogen) atoms. The van der Waals surface area contributed by atoms with Crippen molar-refractivity contribution in [1.82, 2.24) is 14.1 Å². The van der Waals surface area contributed by atoms with E-state index in [1.165, 1.54) is 16.4 Å². The van der Waals surface area contributed by atoms with Crippen LogP contribution in [0.3, 0.4) is 0 Å². The molecule has 10 heteroatoms. The predicted octanol–water partition coefficient (Wildman–Crippen LogP) is 2.52. The van der Waals surface area contributed by atoms with E-state index in [1.807, 2.05) is 49.1 Å². The molecule has 2 aliphatic rings. The minimum Gasteiger partial charge on any atom is -0.342 e. The van der Waals surface area contributed by atoms with Crippen molar-refractivity contribution in [1.29, 1.82) is 0 Å². The molecule has 0 radical (unpaired) electrons. The first kappa shape index (κ1) is 25.1. The fourth-order valence-electron chi connectivity index (χ4n) is 5.01. The Labute approximate surface area is 206 Å². The van der Waals surface area contributed by atoms with Gasteiger partial charge in [-0.25, -0.2) is 12.8 Å². The lowest BCUT2D eigenvalue weighted by atomic mass is 9.86. The Morgan fingerprint density at radius 3 is 2.17 bits per heavy atom. The molecule has 0 aliphatic carbocycles. The molecule has 2 heterocycles. The molecule has 2 aromatic rings. The second-order valence-electron chi connectivity index (χ2n) is 8.86. The SMILES string of the molecule is CCN(CC)C(=O)CN1CN(c2ccccc2)C2(CCN(S(=O)(=O)c3ccc(F)cc3)CC2)C1=O. The van der Waals surface area contributed by atoms with E-state index in [1.54, 1.807) is 9.80 Å². The maximum Gasteiger partial charge on any atom is 0.250 e. The van der Waals surface area contributed by atoms with E-state index in [4.69, 9.17) is 0 Å². The van der Waals surface area contributed by atoms with Crippen LogP contribution >= 0.6 is 0 Å². The van der Waals surface area contributed by atoms with Gasteiger partial charge in [0.2, 0.25) is 21.8 Å². The summed E-state index contributed by atoms with van der Waals surface area (Å²) < 4.78 is 40.9. The molecular formula is C25H31FN4O4S. The first-order valence-corrected chi connectivity index (χ1v) is 13.3. The third kappa shape index (κ3) is 4.64. The minimum atomic E-state index is -3.81. The van der Waals surface area contributed by atoms with Gasteiger partial charge in [0, 0.05) is 31.9 Å². The summed E-state index contributed by atoms with van der Waals surface area (Å²) in [5, 5.41) is 0. The van der Waals surface area contributed by atoms with E-state index in [9.17, 15) is 22.4 Å². The number of hydrogen-bond donors (Lipinski definition) is 0. The van der Waals surface area contributed by atoms with Crippen LogP contribution in [0, 0.1) is 5.82 Å². The summed E-state index contributed by atoms with van der Waals surface area (Å²) in [5.41, 5.74) is -0.0758. The number of amides is 2. The molecule has 0 unspecified atom stereocenters. The Morgan fingerprint density at radius 1 is 1.00 bits per heavy atom. The first-order valence-electron chi connectivity index (χ1n) is 11.9. The van der Waals surface area contributed by atoms with Crippen LogP contribution in [0.2, 0.25) is 0 Å². The largest absolute Gasteiger partial charge is 0.342 e. The molecule has 0 N–H and O–H groups in total. The second-order valence-corrected chi connectivity index (χ2v) is 10.8. The van der Waals surface area contributed by atoms with Gasteiger partial charge in [0.05, 0.1) is 11.6 Å². The van der Waals surface area contributed by atoms with Crippen molar-refractivity contribution < 1.29 is 22.4 Å². The molecule has 1 spiro atoms. The Morgan fingerprint density at radius 2 is 1.60 bits per heavy atom. The number of carbonyl (C=O) groups is 2. The maximum absolute atomic E-state index is 13.8. The van der Waals surface area contributed by atoms with Crippen LogP contribution in [0.4, 0.5) is 10.1 Å². The number of hydrogen-bond acceptors (Lipinski definition) is 5. The Kier molecular flexibility index (Phi) is 7.14. The molecule has 2 fully saturated rings. The van der Waals surface area contributed by atoms with Gasteiger partial charge in [-0.3, -0.25) is 9.59 Å². The number of nitrogens with zero attached hydrogens (tertiary/aromatic N) is 4. The molecule has 188 valence electrons. The Bertz CT molecular complexity index is 1160. The number of carbonyl (C=O) groups excluding carboxylic acids is 2. The van der Waals surface area contributed by atoms with Gasteiger partial charge in [0.1, 0.15) is 17.9 Å². The van der Waals surface area contributed by atoms with Crippen LogP contribution in [0.15, 0.2) is 59.5 Å². The third-order valence-corrected chi connectivity index (χ3v) is 8.94. The molecule has 0 aromatic heterocycles. The molecule has 2 aromatic carbocycles. The van der Waals surface area contributed by atoms with Crippen molar-refractivity contribution in [3.63, 3.8) is 0 Å². The number of para-hydroxylation sites is 1. The van der Waals surface area contributed by atoms with Crippen LogP contribution < -0.4 is 4.90 Å². The maximum atomic E-state index is 13.8. The second kappa shape index (κ2) is 9.94. The van der Waals surface area contributed by atoms with Gasteiger partial charge in [-0.2, -0.15) is 4.31 Å². The van der Waals surface area contributed by atoms with Crippen molar-refractivity contribution in [3.05, 3.63) is 60.4 Å². The highest BCUT2D eigenvalue weighted by atomic mass is 32.2. The topological polar surface area (TPSA) is 81.2 Å². The number of likely N-dealkylation sites (N-methyl/N-ethyl adjacent to an activating group) is 1. The van der Waals surface area contributed by atoms with Crippen molar-refractivity contribution in [3.8, 4) is 0 Å². The molecular weight excluding hydrogens is 471 g/mol. The van der Waals surface area contributed by atoms with Gasteiger partial charge < -0.3 is 14.7 Å². The first-order chi connectivity index (χ1) is 16.7. The molecule has 2 amide bonds. The summed E-state index contributed by atoms with van der Waals surface area (Å²) in [6.45, 7) is 5.50. The lowest BCUT2D eigenvalue weighted by molar-refractivity contribution is -0.140. The van der Waals surface area contributed by atoms with Crippen LogP contribution in [0.25, 0.3) is 0 Å². The van der Waals surface area contributed by atoms with Crippen LogP contribution in [0.1, 0.15) is 26.7 Å². The summed E-state index contributed by atoms with van der Waals surface area (Å²) in [6.07, 6.45) is 0.578. The fraction of sp³-hybridized carbons (Fsp3) is 0.440.